The van der Waals surface area contributed by atoms with Gasteiger partial charge in [-0.15, -0.1) is 10.2 Å². The lowest BCUT2D eigenvalue weighted by molar-refractivity contribution is -0.137. The van der Waals surface area contributed by atoms with Crippen LogP contribution in [-0.2, 0) is 31.0 Å². The summed E-state index contributed by atoms with van der Waals surface area (Å²) in [6.07, 6.45) is -3.51. The Bertz CT molecular complexity index is 1040. The van der Waals surface area contributed by atoms with Crippen molar-refractivity contribution in [3.8, 4) is 5.75 Å². The number of nitrogens with zero attached hydrogens (tertiary/aromatic N) is 3. The van der Waals surface area contributed by atoms with Crippen LogP contribution in [0.1, 0.15) is 23.9 Å². The highest BCUT2D eigenvalue weighted by Gasteiger charge is 2.30. The maximum atomic E-state index is 12.8. The first-order valence-corrected chi connectivity index (χ1v) is 10.4. The monoisotopic (exact) mass is 450 g/mol. The molecule has 31 heavy (non-hydrogen) atoms. The number of benzene rings is 2. The van der Waals surface area contributed by atoms with E-state index in [1.807, 2.05) is 24.3 Å². The fourth-order valence-electron chi connectivity index (χ4n) is 2.66. The fraction of sp³-hybridized carbons (Fsp3) is 0.286. The average Bonchev–Trinajstić information content (AvgIpc) is 3.10. The first-order chi connectivity index (χ1) is 14.8. The predicted octanol–water partition coefficient (Wildman–Crippen LogP) is 4.71. The SMILES string of the molecule is CCc1ccc(NC(=O)CSc2nnc(COc3cccc(C(F)(F)F)c3)n2C)cc1. The van der Waals surface area contributed by atoms with Crippen LogP contribution in [0.2, 0.25) is 0 Å². The minimum Gasteiger partial charge on any atom is -0.486 e. The molecule has 0 bridgehead atoms. The van der Waals surface area contributed by atoms with Gasteiger partial charge in [-0.2, -0.15) is 13.2 Å². The number of amides is 1. The largest absolute Gasteiger partial charge is 0.486 e. The van der Waals surface area contributed by atoms with Crippen LogP contribution in [0.3, 0.4) is 0 Å². The third kappa shape index (κ3) is 6.24. The van der Waals surface area contributed by atoms with Crippen molar-refractivity contribution in [2.45, 2.75) is 31.3 Å². The Labute approximate surface area is 181 Å². The van der Waals surface area contributed by atoms with Crippen LogP contribution >= 0.6 is 11.8 Å². The first-order valence-electron chi connectivity index (χ1n) is 9.46. The lowest BCUT2D eigenvalue weighted by atomic mass is 10.1. The molecular formula is C21H21F3N4O2S. The third-order valence-corrected chi connectivity index (χ3v) is 5.45. The van der Waals surface area contributed by atoms with Gasteiger partial charge in [0.05, 0.1) is 11.3 Å². The number of thioether (sulfide) groups is 1. The molecular weight excluding hydrogens is 429 g/mol. The average molecular weight is 450 g/mol. The van der Waals surface area contributed by atoms with E-state index in [9.17, 15) is 18.0 Å². The maximum absolute atomic E-state index is 12.8. The van der Waals surface area contributed by atoms with E-state index in [1.165, 1.54) is 29.5 Å². The summed E-state index contributed by atoms with van der Waals surface area (Å²) in [5, 5.41) is 11.3. The van der Waals surface area contributed by atoms with Crippen molar-refractivity contribution in [2.75, 3.05) is 11.1 Å². The maximum Gasteiger partial charge on any atom is 0.416 e. The molecule has 1 heterocycles. The Morgan fingerprint density at radius 1 is 1.16 bits per heavy atom. The van der Waals surface area contributed by atoms with Gasteiger partial charge in [0.15, 0.2) is 11.0 Å². The Kier molecular flexibility index (Phi) is 7.21. The number of hydrogen-bond donors (Lipinski definition) is 1. The second-order valence-corrected chi connectivity index (χ2v) is 7.60. The van der Waals surface area contributed by atoms with Gasteiger partial charge in [0.25, 0.3) is 0 Å². The molecule has 6 nitrogen and oxygen atoms in total. The molecule has 1 N–H and O–H groups in total. The molecule has 0 unspecified atom stereocenters. The molecule has 0 aliphatic carbocycles. The first kappa shape index (κ1) is 22.7. The van der Waals surface area contributed by atoms with Gasteiger partial charge in [-0.3, -0.25) is 4.79 Å². The highest BCUT2D eigenvalue weighted by Crippen LogP contribution is 2.31. The van der Waals surface area contributed by atoms with E-state index in [1.54, 1.807) is 11.6 Å². The molecule has 164 valence electrons. The number of rotatable bonds is 8. The normalized spacial score (nSPS) is 11.4. The summed E-state index contributed by atoms with van der Waals surface area (Å²) in [4.78, 5) is 12.2. The second-order valence-electron chi connectivity index (χ2n) is 6.66. The zero-order valence-corrected chi connectivity index (χ0v) is 17.8. The molecule has 2 aromatic carbocycles. The molecule has 0 aliphatic heterocycles. The van der Waals surface area contributed by atoms with Gasteiger partial charge in [0, 0.05) is 12.7 Å². The summed E-state index contributed by atoms with van der Waals surface area (Å²) < 4.78 is 45.5. The number of carbonyl (C=O) groups is 1. The molecule has 0 fully saturated rings. The molecule has 3 rings (SSSR count). The summed E-state index contributed by atoms with van der Waals surface area (Å²) in [6.45, 7) is 2.01. The van der Waals surface area contributed by atoms with Gasteiger partial charge in [-0.1, -0.05) is 36.9 Å². The van der Waals surface area contributed by atoms with Crippen molar-refractivity contribution >= 4 is 23.4 Å². The molecule has 0 radical (unpaired) electrons. The minimum absolute atomic E-state index is 0.0542. The molecule has 3 aromatic rings. The van der Waals surface area contributed by atoms with Crippen LogP contribution < -0.4 is 10.1 Å². The Balaban J connectivity index is 1.53. The van der Waals surface area contributed by atoms with Crippen LogP contribution in [0, 0.1) is 0 Å². The van der Waals surface area contributed by atoms with Gasteiger partial charge in [0.1, 0.15) is 12.4 Å². The van der Waals surface area contributed by atoms with Gasteiger partial charge in [-0.25, -0.2) is 0 Å². The van der Waals surface area contributed by atoms with Crippen molar-refractivity contribution in [1.29, 1.82) is 0 Å². The van der Waals surface area contributed by atoms with E-state index in [4.69, 9.17) is 4.74 Å². The molecule has 0 saturated heterocycles. The van der Waals surface area contributed by atoms with Gasteiger partial charge < -0.3 is 14.6 Å². The van der Waals surface area contributed by atoms with Gasteiger partial charge in [0.2, 0.25) is 5.91 Å². The number of aromatic nitrogens is 3. The molecule has 0 atom stereocenters. The molecule has 0 spiro atoms. The van der Waals surface area contributed by atoms with E-state index in [0.717, 1.165) is 24.2 Å². The Morgan fingerprint density at radius 2 is 1.90 bits per heavy atom. The van der Waals surface area contributed by atoms with E-state index in [2.05, 4.69) is 22.4 Å². The van der Waals surface area contributed by atoms with Gasteiger partial charge in [-0.05, 0) is 42.3 Å². The quantitative estimate of drug-likeness (QED) is 0.504. The Morgan fingerprint density at radius 3 is 2.58 bits per heavy atom. The van der Waals surface area contributed by atoms with Crippen LogP contribution in [0.5, 0.6) is 5.75 Å². The highest BCUT2D eigenvalue weighted by molar-refractivity contribution is 7.99. The standard InChI is InChI=1S/C21H21F3N4O2S/c1-3-14-7-9-16(10-8-14)25-19(29)13-31-20-27-26-18(28(20)2)12-30-17-6-4-5-15(11-17)21(22,23)24/h4-11H,3,12-13H2,1-2H3,(H,25,29). The van der Waals surface area contributed by atoms with E-state index in [0.29, 0.717) is 11.0 Å². The molecule has 1 amide bonds. The van der Waals surface area contributed by atoms with Crippen molar-refractivity contribution in [3.63, 3.8) is 0 Å². The highest BCUT2D eigenvalue weighted by atomic mass is 32.2. The summed E-state index contributed by atoms with van der Waals surface area (Å²) >= 11 is 1.20. The number of carbonyl (C=O) groups excluding carboxylic acids is 1. The summed E-state index contributed by atoms with van der Waals surface area (Å²) in [5.41, 5.74) is 1.12. The van der Waals surface area contributed by atoms with E-state index < -0.39 is 11.7 Å². The molecule has 0 aliphatic rings. The van der Waals surface area contributed by atoms with Crippen LogP contribution in [-0.4, -0.2) is 26.4 Å². The minimum atomic E-state index is -4.44. The number of aryl methyl sites for hydroxylation is 1. The number of alkyl halides is 3. The van der Waals surface area contributed by atoms with Crippen molar-refractivity contribution in [3.05, 3.63) is 65.5 Å². The Hall–Kier alpha value is -3.01. The molecule has 1 aromatic heterocycles. The van der Waals surface area contributed by atoms with Crippen LogP contribution in [0.25, 0.3) is 0 Å². The lowest BCUT2D eigenvalue weighted by Crippen LogP contribution is -2.14. The number of ether oxygens (including phenoxy) is 1. The third-order valence-electron chi connectivity index (χ3n) is 4.43. The lowest BCUT2D eigenvalue weighted by Gasteiger charge is -2.10. The van der Waals surface area contributed by atoms with Crippen LogP contribution in [0.15, 0.2) is 53.7 Å². The number of anilines is 1. The van der Waals surface area contributed by atoms with Crippen molar-refractivity contribution in [1.82, 2.24) is 14.8 Å². The summed E-state index contributed by atoms with van der Waals surface area (Å²) in [6, 6.07) is 12.3. The number of hydrogen-bond acceptors (Lipinski definition) is 5. The van der Waals surface area contributed by atoms with Crippen molar-refractivity contribution < 1.29 is 22.7 Å². The topological polar surface area (TPSA) is 69.0 Å². The molecule has 10 heteroatoms. The van der Waals surface area contributed by atoms with E-state index >= 15 is 0 Å². The zero-order chi connectivity index (χ0) is 22.4. The van der Waals surface area contributed by atoms with E-state index in [-0.39, 0.29) is 24.0 Å². The zero-order valence-electron chi connectivity index (χ0n) is 16.9. The summed E-state index contributed by atoms with van der Waals surface area (Å²) in [5.74, 6) is 0.464. The second kappa shape index (κ2) is 9.86. The fourth-order valence-corrected chi connectivity index (χ4v) is 3.39. The number of nitrogens with one attached hydrogen (secondary N) is 1. The predicted molar refractivity (Wildman–Crippen MR) is 112 cm³/mol. The summed E-state index contributed by atoms with van der Waals surface area (Å²) in [7, 11) is 1.70. The van der Waals surface area contributed by atoms with Crippen LogP contribution in [0.4, 0.5) is 18.9 Å². The van der Waals surface area contributed by atoms with Crippen molar-refractivity contribution in [2.24, 2.45) is 7.05 Å². The van der Waals surface area contributed by atoms with Gasteiger partial charge >= 0.3 is 6.18 Å². The smallest absolute Gasteiger partial charge is 0.416 e. The molecule has 0 saturated carbocycles. The number of halogens is 3.